The zero-order valence-corrected chi connectivity index (χ0v) is 21.2. The average Bonchev–Trinajstić information content (AvgIpc) is 3.58. The number of carbonyl (C=O) groups is 3. The molecule has 7 nitrogen and oxygen atoms in total. The van der Waals surface area contributed by atoms with Gasteiger partial charge in [-0.05, 0) is 51.0 Å². The molecule has 0 unspecified atom stereocenters. The number of fused-ring (bicyclic) bond motifs is 1. The van der Waals surface area contributed by atoms with Crippen LogP contribution >= 0.6 is 11.3 Å². The SMILES string of the molecule is Cc1ccc(C(=O)c2c(NC(=O)CN3CCN(CC(=O)NC4CC4)CC3)sc3c2CCCC3)cc1. The smallest absolute Gasteiger partial charge is 0.239 e. The molecule has 1 aromatic carbocycles. The number of thiophene rings is 1. The first-order valence-electron chi connectivity index (χ1n) is 12.8. The first kappa shape index (κ1) is 24.2. The van der Waals surface area contributed by atoms with E-state index in [1.165, 1.54) is 4.88 Å². The highest BCUT2D eigenvalue weighted by Crippen LogP contribution is 2.39. The summed E-state index contributed by atoms with van der Waals surface area (Å²) in [5.74, 6) is 0.0189. The molecule has 3 aliphatic rings. The number of carbonyl (C=O) groups excluding carboxylic acids is 3. The number of piperazine rings is 1. The van der Waals surface area contributed by atoms with Crippen LogP contribution in [-0.4, -0.2) is 72.7 Å². The van der Waals surface area contributed by atoms with Gasteiger partial charge in [0.2, 0.25) is 11.8 Å². The van der Waals surface area contributed by atoms with Crippen molar-refractivity contribution in [2.24, 2.45) is 0 Å². The Balaban J connectivity index is 1.21. The highest BCUT2D eigenvalue weighted by atomic mass is 32.1. The number of nitrogens with zero attached hydrogens (tertiary/aromatic N) is 2. The fraction of sp³-hybridized carbons (Fsp3) is 0.519. The first-order chi connectivity index (χ1) is 17.0. The quantitative estimate of drug-likeness (QED) is 0.552. The molecule has 0 bridgehead atoms. The molecule has 2 N–H and O–H groups in total. The Kier molecular flexibility index (Phi) is 7.32. The van der Waals surface area contributed by atoms with Crippen molar-refractivity contribution in [2.75, 3.05) is 44.6 Å². The van der Waals surface area contributed by atoms with Crippen LogP contribution in [-0.2, 0) is 22.4 Å². The van der Waals surface area contributed by atoms with E-state index in [0.29, 0.717) is 35.3 Å². The van der Waals surface area contributed by atoms with Crippen LogP contribution in [0.15, 0.2) is 24.3 Å². The molecule has 8 heteroatoms. The van der Waals surface area contributed by atoms with Crippen LogP contribution < -0.4 is 10.6 Å². The summed E-state index contributed by atoms with van der Waals surface area (Å²) in [6.07, 6.45) is 6.27. The lowest BCUT2D eigenvalue weighted by Crippen LogP contribution is -2.51. The Morgan fingerprint density at radius 3 is 2.20 bits per heavy atom. The van der Waals surface area contributed by atoms with E-state index in [1.54, 1.807) is 11.3 Å². The van der Waals surface area contributed by atoms with Gasteiger partial charge in [0, 0.05) is 42.7 Å². The number of benzene rings is 1. The molecule has 35 heavy (non-hydrogen) atoms. The summed E-state index contributed by atoms with van der Waals surface area (Å²) in [4.78, 5) is 44.1. The summed E-state index contributed by atoms with van der Waals surface area (Å²) in [6.45, 7) is 5.78. The maximum absolute atomic E-state index is 13.5. The Bertz CT molecular complexity index is 1100. The molecule has 2 aliphatic carbocycles. The zero-order valence-electron chi connectivity index (χ0n) is 20.4. The molecule has 0 atom stereocenters. The fourth-order valence-corrected chi connectivity index (χ4v) is 6.23. The molecule has 2 amide bonds. The highest BCUT2D eigenvalue weighted by molar-refractivity contribution is 7.17. The van der Waals surface area contributed by atoms with Crippen molar-refractivity contribution in [3.05, 3.63) is 51.4 Å². The number of aryl methyl sites for hydroxylation is 2. The van der Waals surface area contributed by atoms with E-state index in [1.807, 2.05) is 31.2 Å². The second-order valence-corrected chi connectivity index (χ2v) is 11.2. The molecule has 1 saturated heterocycles. The second-order valence-electron chi connectivity index (χ2n) is 10.1. The van der Waals surface area contributed by atoms with Crippen molar-refractivity contribution >= 4 is 33.9 Å². The minimum absolute atomic E-state index is 0.00205. The molecule has 2 heterocycles. The summed E-state index contributed by atoms with van der Waals surface area (Å²) in [7, 11) is 0. The van der Waals surface area contributed by atoms with Gasteiger partial charge in [-0.3, -0.25) is 24.2 Å². The van der Waals surface area contributed by atoms with E-state index in [2.05, 4.69) is 20.4 Å². The molecule has 186 valence electrons. The Labute approximate surface area is 210 Å². The lowest BCUT2D eigenvalue weighted by atomic mass is 9.91. The third kappa shape index (κ3) is 6.00. The molecular formula is C27H34N4O3S. The van der Waals surface area contributed by atoms with E-state index in [-0.39, 0.29) is 17.6 Å². The van der Waals surface area contributed by atoms with Crippen LogP contribution in [0.25, 0.3) is 0 Å². The van der Waals surface area contributed by atoms with Gasteiger partial charge in [0.05, 0.1) is 18.7 Å². The number of hydrogen-bond acceptors (Lipinski definition) is 6. The van der Waals surface area contributed by atoms with Gasteiger partial charge in [0.25, 0.3) is 0 Å². The number of ketones is 1. The molecule has 1 saturated carbocycles. The van der Waals surface area contributed by atoms with E-state index in [4.69, 9.17) is 0 Å². The van der Waals surface area contributed by atoms with Crippen LogP contribution in [0.5, 0.6) is 0 Å². The summed E-state index contributed by atoms with van der Waals surface area (Å²) in [5, 5.41) is 6.82. The number of anilines is 1. The van der Waals surface area contributed by atoms with Crippen molar-refractivity contribution < 1.29 is 14.4 Å². The minimum Gasteiger partial charge on any atom is -0.352 e. The topological polar surface area (TPSA) is 81.8 Å². The minimum atomic E-state index is -0.0820. The van der Waals surface area contributed by atoms with E-state index >= 15 is 0 Å². The van der Waals surface area contributed by atoms with Crippen molar-refractivity contribution in [3.63, 3.8) is 0 Å². The maximum Gasteiger partial charge on any atom is 0.239 e. The third-order valence-electron chi connectivity index (χ3n) is 7.11. The van der Waals surface area contributed by atoms with Crippen LogP contribution in [0.1, 0.15) is 57.6 Å². The fourth-order valence-electron chi connectivity index (χ4n) is 4.92. The molecule has 2 aromatic rings. The standard InChI is InChI=1S/C27H34N4O3S/c1-18-6-8-19(9-7-18)26(34)25-21-4-2-3-5-22(21)35-27(25)29-24(33)17-31-14-12-30(13-15-31)16-23(32)28-20-10-11-20/h6-9,20H,2-5,10-17H2,1H3,(H,28,32)(H,29,33). The summed E-state index contributed by atoms with van der Waals surface area (Å²) in [6, 6.07) is 8.05. The van der Waals surface area contributed by atoms with Crippen LogP contribution in [0.3, 0.4) is 0 Å². The van der Waals surface area contributed by atoms with Crippen LogP contribution in [0.4, 0.5) is 5.00 Å². The summed E-state index contributed by atoms with van der Waals surface area (Å²) < 4.78 is 0. The first-order valence-corrected chi connectivity index (χ1v) is 13.6. The Morgan fingerprint density at radius 1 is 0.914 bits per heavy atom. The Hall–Kier alpha value is -2.55. The lowest BCUT2D eigenvalue weighted by Gasteiger charge is -2.33. The van der Waals surface area contributed by atoms with Crippen molar-refractivity contribution in [2.45, 2.75) is 51.5 Å². The van der Waals surface area contributed by atoms with Gasteiger partial charge in [-0.15, -0.1) is 11.3 Å². The second kappa shape index (κ2) is 10.6. The number of rotatable bonds is 8. The van der Waals surface area contributed by atoms with Crippen LogP contribution in [0, 0.1) is 6.92 Å². The van der Waals surface area contributed by atoms with Gasteiger partial charge < -0.3 is 10.6 Å². The Morgan fingerprint density at radius 2 is 1.54 bits per heavy atom. The predicted molar refractivity (Wildman–Crippen MR) is 138 cm³/mol. The molecule has 5 rings (SSSR count). The maximum atomic E-state index is 13.5. The lowest BCUT2D eigenvalue weighted by molar-refractivity contribution is -0.123. The van der Waals surface area contributed by atoms with E-state index in [9.17, 15) is 14.4 Å². The van der Waals surface area contributed by atoms with Gasteiger partial charge in [-0.2, -0.15) is 0 Å². The van der Waals surface area contributed by atoms with Gasteiger partial charge in [0.15, 0.2) is 5.78 Å². The predicted octanol–water partition coefficient (Wildman–Crippen LogP) is 3.00. The number of hydrogen-bond donors (Lipinski definition) is 2. The summed E-state index contributed by atoms with van der Waals surface area (Å²) in [5.41, 5.74) is 3.60. The van der Waals surface area contributed by atoms with Crippen molar-refractivity contribution in [1.29, 1.82) is 0 Å². The molecule has 2 fully saturated rings. The van der Waals surface area contributed by atoms with Gasteiger partial charge in [-0.1, -0.05) is 29.8 Å². The number of nitrogens with one attached hydrogen (secondary N) is 2. The molecule has 0 radical (unpaired) electrons. The monoisotopic (exact) mass is 494 g/mol. The molecule has 1 aromatic heterocycles. The average molecular weight is 495 g/mol. The molecular weight excluding hydrogens is 460 g/mol. The normalized spacial score (nSPS) is 18.7. The molecule has 0 spiro atoms. The van der Waals surface area contributed by atoms with E-state index in [0.717, 1.165) is 75.8 Å². The van der Waals surface area contributed by atoms with Gasteiger partial charge >= 0.3 is 0 Å². The molecule has 1 aliphatic heterocycles. The highest BCUT2D eigenvalue weighted by Gasteiger charge is 2.28. The van der Waals surface area contributed by atoms with Gasteiger partial charge in [-0.25, -0.2) is 0 Å². The van der Waals surface area contributed by atoms with E-state index < -0.39 is 0 Å². The third-order valence-corrected chi connectivity index (χ3v) is 8.31. The van der Waals surface area contributed by atoms with Crippen molar-refractivity contribution in [3.8, 4) is 0 Å². The van der Waals surface area contributed by atoms with Gasteiger partial charge in [0.1, 0.15) is 5.00 Å². The summed E-state index contributed by atoms with van der Waals surface area (Å²) >= 11 is 1.57. The van der Waals surface area contributed by atoms with Crippen LogP contribution in [0.2, 0.25) is 0 Å². The van der Waals surface area contributed by atoms with Crippen molar-refractivity contribution in [1.82, 2.24) is 15.1 Å². The number of amides is 2. The largest absolute Gasteiger partial charge is 0.352 e. The zero-order chi connectivity index (χ0) is 24.4.